The molecule has 0 bridgehead atoms. The number of aromatic nitrogens is 2. The highest BCUT2D eigenvalue weighted by atomic mass is 16.4. The SMILES string of the molecule is CCN1CCCC1CNC(=O)Nc1cnn(CC(=O)O)c1. The number of urea groups is 1. The highest BCUT2D eigenvalue weighted by molar-refractivity contribution is 5.88. The van der Waals surface area contributed by atoms with Gasteiger partial charge >= 0.3 is 12.0 Å². The average Bonchev–Trinajstić information content (AvgIpc) is 3.04. The van der Waals surface area contributed by atoms with Crippen molar-refractivity contribution in [1.82, 2.24) is 20.0 Å². The van der Waals surface area contributed by atoms with Crippen molar-refractivity contribution in [3.8, 4) is 0 Å². The van der Waals surface area contributed by atoms with Crippen LogP contribution in [0.25, 0.3) is 0 Å². The minimum absolute atomic E-state index is 0.225. The second-order valence-electron chi connectivity index (χ2n) is 5.08. The Morgan fingerprint density at radius 1 is 1.52 bits per heavy atom. The summed E-state index contributed by atoms with van der Waals surface area (Å²) in [6.07, 6.45) is 5.19. The number of carbonyl (C=O) groups is 2. The number of carbonyl (C=O) groups excluding carboxylic acids is 1. The number of likely N-dealkylation sites (tertiary alicyclic amines) is 1. The van der Waals surface area contributed by atoms with Crippen LogP contribution in [0.2, 0.25) is 0 Å². The first kappa shape index (κ1) is 15.3. The Labute approximate surface area is 123 Å². The molecule has 0 aliphatic carbocycles. The lowest BCUT2D eigenvalue weighted by molar-refractivity contribution is -0.137. The summed E-state index contributed by atoms with van der Waals surface area (Å²) in [6, 6.07) is 0.100. The minimum Gasteiger partial charge on any atom is -0.480 e. The summed E-state index contributed by atoms with van der Waals surface area (Å²) in [5.74, 6) is -0.977. The number of nitrogens with one attached hydrogen (secondary N) is 2. The molecule has 8 heteroatoms. The van der Waals surface area contributed by atoms with Gasteiger partial charge in [-0.3, -0.25) is 14.4 Å². The standard InChI is InChI=1S/C13H21N5O3/c1-2-17-5-3-4-11(17)7-14-13(21)16-10-6-15-18(8-10)9-12(19)20/h6,8,11H,2-5,7,9H2,1H3,(H,19,20)(H2,14,16,21). The molecule has 0 spiro atoms. The monoisotopic (exact) mass is 295 g/mol. The maximum Gasteiger partial charge on any atom is 0.325 e. The summed E-state index contributed by atoms with van der Waals surface area (Å²) in [7, 11) is 0. The number of aliphatic carboxylic acids is 1. The van der Waals surface area contributed by atoms with Gasteiger partial charge in [0.2, 0.25) is 0 Å². The Balaban J connectivity index is 1.76. The third-order valence-corrected chi connectivity index (χ3v) is 3.59. The van der Waals surface area contributed by atoms with Crippen LogP contribution >= 0.6 is 0 Å². The molecule has 0 saturated carbocycles. The van der Waals surface area contributed by atoms with Crippen LogP contribution in [0.1, 0.15) is 19.8 Å². The summed E-state index contributed by atoms with van der Waals surface area (Å²) in [5, 5.41) is 18.0. The minimum atomic E-state index is -0.977. The molecule has 3 N–H and O–H groups in total. The molecular weight excluding hydrogens is 274 g/mol. The lowest BCUT2D eigenvalue weighted by Crippen LogP contribution is -2.41. The van der Waals surface area contributed by atoms with Crippen molar-refractivity contribution >= 4 is 17.7 Å². The number of hydrogen-bond donors (Lipinski definition) is 3. The van der Waals surface area contributed by atoms with E-state index >= 15 is 0 Å². The van der Waals surface area contributed by atoms with Gasteiger partial charge in [0, 0.05) is 18.8 Å². The van der Waals surface area contributed by atoms with Crippen LogP contribution in [0.15, 0.2) is 12.4 Å². The second kappa shape index (κ2) is 7.07. The zero-order valence-corrected chi connectivity index (χ0v) is 12.1. The van der Waals surface area contributed by atoms with Gasteiger partial charge in [0.05, 0.1) is 11.9 Å². The van der Waals surface area contributed by atoms with E-state index < -0.39 is 5.97 Å². The fraction of sp³-hybridized carbons (Fsp3) is 0.615. The third-order valence-electron chi connectivity index (χ3n) is 3.59. The van der Waals surface area contributed by atoms with Crippen molar-refractivity contribution in [2.45, 2.75) is 32.4 Å². The van der Waals surface area contributed by atoms with Crippen LogP contribution in [-0.4, -0.2) is 57.5 Å². The van der Waals surface area contributed by atoms with Gasteiger partial charge in [-0.15, -0.1) is 0 Å². The molecule has 1 atom stereocenters. The van der Waals surface area contributed by atoms with E-state index in [9.17, 15) is 9.59 Å². The van der Waals surface area contributed by atoms with Gasteiger partial charge in [-0.1, -0.05) is 6.92 Å². The van der Waals surface area contributed by atoms with E-state index in [1.54, 1.807) is 0 Å². The van der Waals surface area contributed by atoms with Crippen LogP contribution in [0.5, 0.6) is 0 Å². The topological polar surface area (TPSA) is 99.5 Å². The van der Waals surface area contributed by atoms with Gasteiger partial charge in [0.1, 0.15) is 6.54 Å². The fourth-order valence-electron chi connectivity index (χ4n) is 2.58. The van der Waals surface area contributed by atoms with E-state index in [1.165, 1.54) is 23.5 Å². The van der Waals surface area contributed by atoms with Crippen molar-refractivity contribution in [2.75, 3.05) is 25.0 Å². The number of nitrogens with zero attached hydrogens (tertiary/aromatic N) is 3. The van der Waals surface area contributed by atoms with Crippen LogP contribution in [0.4, 0.5) is 10.5 Å². The highest BCUT2D eigenvalue weighted by Gasteiger charge is 2.23. The molecule has 1 saturated heterocycles. The van der Waals surface area contributed by atoms with Gasteiger partial charge in [-0.25, -0.2) is 4.79 Å². The van der Waals surface area contributed by atoms with Gasteiger partial charge < -0.3 is 15.7 Å². The molecule has 116 valence electrons. The largest absolute Gasteiger partial charge is 0.480 e. The number of hydrogen-bond acceptors (Lipinski definition) is 4. The van der Waals surface area contributed by atoms with Crippen LogP contribution in [0, 0.1) is 0 Å². The Bertz CT molecular complexity index is 502. The van der Waals surface area contributed by atoms with E-state index in [-0.39, 0.29) is 12.6 Å². The second-order valence-corrected chi connectivity index (χ2v) is 5.08. The molecule has 21 heavy (non-hydrogen) atoms. The van der Waals surface area contributed by atoms with E-state index in [1.807, 2.05) is 0 Å². The Morgan fingerprint density at radius 2 is 2.33 bits per heavy atom. The number of carboxylic acid groups (broad SMARTS) is 1. The smallest absolute Gasteiger partial charge is 0.325 e. The Hall–Kier alpha value is -2.09. The number of rotatable bonds is 6. The molecule has 1 aliphatic heterocycles. The Kier molecular flexibility index (Phi) is 5.15. The first-order valence-corrected chi connectivity index (χ1v) is 7.11. The first-order chi connectivity index (χ1) is 10.1. The maximum absolute atomic E-state index is 11.8. The van der Waals surface area contributed by atoms with Crippen molar-refractivity contribution in [2.24, 2.45) is 0 Å². The molecule has 8 nitrogen and oxygen atoms in total. The zero-order valence-electron chi connectivity index (χ0n) is 12.1. The number of amides is 2. The van der Waals surface area contributed by atoms with E-state index in [4.69, 9.17) is 5.11 Å². The van der Waals surface area contributed by atoms with Crippen molar-refractivity contribution in [3.63, 3.8) is 0 Å². The molecular formula is C13H21N5O3. The molecule has 2 heterocycles. The zero-order chi connectivity index (χ0) is 15.2. The molecule has 1 unspecified atom stereocenters. The van der Waals surface area contributed by atoms with Gasteiger partial charge in [0.25, 0.3) is 0 Å². The van der Waals surface area contributed by atoms with Crippen LogP contribution in [-0.2, 0) is 11.3 Å². The van der Waals surface area contributed by atoms with Crippen molar-refractivity contribution < 1.29 is 14.7 Å². The molecule has 0 radical (unpaired) electrons. The summed E-state index contributed by atoms with van der Waals surface area (Å²) in [6.45, 7) is 4.59. The maximum atomic E-state index is 11.8. The number of carboxylic acids is 1. The number of anilines is 1. The summed E-state index contributed by atoms with van der Waals surface area (Å²) in [4.78, 5) is 24.7. The van der Waals surface area contributed by atoms with E-state index in [2.05, 4.69) is 27.6 Å². The van der Waals surface area contributed by atoms with Crippen LogP contribution < -0.4 is 10.6 Å². The molecule has 2 rings (SSSR count). The molecule has 0 aromatic carbocycles. The lowest BCUT2D eigenvalue weighted by Gasteiger charge is -2.22. The Morgan fingerprint density at radius 3 is 3.05 bits per heavy atom. The van der Waals surface area contributed by atoms with Gasteiger partial charge in [-0.05, 0) is 25.9 Å². The van der Waals surface area contributed by atoms with Crippen molar-refractivity contribution in [1.29, 1.82) is 0 Å². The van der Waals surface area contributed by atoms with E-state index in [0.29, 0.717) is 18.3 Å². The van der Waals surface area contributed by atoms with Crippen molar-refractivity contribution in [3.05, 3.63) is 12.4 Å². The predicted octanol–water partition coefficient (Wildman–Crippen LogP) is 0.574. The normalized spacial score (nSPS) is 18.6. The molecule has 1 fully saturated rings. The first-order valence-electron chi connectivity index (χ1n) is 7.11. The molecule has 1 aromatic heterocycles. The molecule has 1 aliphatic rings. The highest BCUT2D eigenvalue weighted by Crippen LogP contribution is 2.15. The third kappa shape index (κ3) is 4.45. The quantitative estimate of drug-likeness (QED) is 0.712. The summed E-state index contributed by atoms with van der Waals surface area (Å²) < 4.78 is 1.26. The molecule has 2 amide bonds. The summed E-state index contributed by atoms with van der Waals surface area (Å²) in [5.41, 5.74) is 0.479. The number of likely N-dealkylation sites (N-methyl/N-ethyl adjacent to an activating group) is 1. The van der Waals surface area contributed by atoms with Crippen LogP contribution in [0.3, 0.4) is 0 Å². The fourth-order valence-corrected chi connectivity index (χ4v) is 2.58. The summed E-state index contributed by atoms with van der Waals surface area (Å²) >= 11 is 0. The molecule has 1 aromatic rings. The lowest BCUT2D eigenvalue weighted by atomic mass is 10.2. The van der Waals surface area contributed by atoms with E-state index in [0.717, 1.165) is 19.5 Å². The van der Waals surface area contributed by atoms with Gasteiger partial charge in [0.15, 0.2) is 0 Å². The van der Waals surface area contributed by atoms with Gasteiger partial charge in [-0.2, -0.15) is 5.10 Å². The average molecular weight is 295 g/mol. The predicted molar refractivity (Wildman–Crippen MR) is 77.2 cm³/mol.